The zero-order valence-corrected chi connectivity index (χ0v) is 10.8. The summed E-state index contributed by atoms with van der Waals surface area (Å²) in [6.45, 7) is 0. The standard InChI is InChI=1S/C13H12BrNO/c1-15(2)13(16)10-6-7-11-9(8-10)4-3-5-12(11)14/h3-8H,1-2H3. The number of nitrogens with zero attached hydrogens (tertiary/aromatic N) is 1. The Morgan fingerprint density at radius 2 is 1.94 bits per heavy atom. The third kappa shape index (κ3) is 1.95. The molecule has 2 nitrogen and oxygen atoms in total. The number of hydrogen-bond donors (Lipinski definition) is 0. The quantitative estimate of drug-likeness (QED) is 0.783. The van der Waals surface area contributed by atoms with Crippen molar-refractivity contribution in [1.29, 1.82) is 0 Å². The lowest BCUT2D eigenvalue weighted by Gasteiger charge is -2.11. The van der Waals surface area contributed by atoms with Gasteiger partial charge in [0.2, 0.25) is 0 Å². The van der Waals surface area contributed by atoms with Crippen LogP contribution in [0, 0.1) is 0 Å². The minimum atomic E-state index is 0.0295. The second-order valence-corrected chi connectivity index (χ2v) is 4.73. The lowest BCUT2D eigenvalue weighted by molar-refractivity contribution is 0.0828. The molecule has 2 rings (SSSR count). The first kappa shape index (κ1) is 11.1. The maximum atomic E-state index is 11.8. The Morgan fingerprint density at radius 3 is 2.62 bits per heavy atom. The number of carbonyl (C=O) groups excluding carboxylic acids is 1. The molecule has 0 radical (unpaired) electrons. The minimum Gasteiger partial charge on any atom is -0.345 e. The molecule has 0 aliphatic rings. The van der Waals surface area contributed by atoms with Crippen LogP contribution in [0.1, 0.15) is 10.4 Å². The van der Waals surface area contributed by atoms with E-state index in [1.165, 1.54) is 0 Å². The van der Waals surface area contributed by atoms with E-state index in [9.17, 15) is 4.79 Å². The van der Waals surface area contributed by atoms with Gasteiger partial charge < -0.3 is 4.90 Å². The van der Waals surface area contributed by atoms with Crippen molar-refractivity contribution in [2.45, 2.75) is 0 Å². The molecule has 0 aliphatic heterocycles. The van der Waals surface area contributed by atoms with Crippen molar-refractivity contribution in [3.8, 4) is 0 Å². The van der Waals surface area contributed by atoms with Crippen LogP contribution in [0.3, 0.4) is 0 Å². The van der Waals surface area contributed by atoms with E-state index in [2.05, 4.69) is 15.9 Å². The molecule has 0 unspecified atom stereocenters. The molecular formula is C13H12BrNO. The van der Waals surface area contributed by atoms with Gasteiger partial charge in [0.1, 0.15) is 0 Å². The molecule has 16 heavy (non-hydrogen) atoms. The number of halogens is 1. The molecule has 0 aromatic heterocycles. The molecule has 0 heterocycles. The van der Waals surface area contributed by atoms with Crippen LogP contribution in [0.4, 0.5) is 0 Å². The monoisotopic (exact) mass is 277 g/mol. The Labute approximate surface area is 103 Å². The Kier molecular flexibility index (Phi) is 2.97. The summed E-state index contributed by atoms with van der Waals surface area (Å²) in [6.07, 6.45) is 0. The number of carbonyl (C=O) groups is 1. The normalized spacial score (nSPS) is 10.4. The Hall–Kier alpha value is -1.35. The molecule has 2 aromatic carbocycles. The van der Waals surface area contributed by atoms with E-state index in [1.807, 2.05) is 36.4 Å². The summed E-state index contributed by atoms with van der Waals surface area (Å²) >= 11 is 3.49. The van der Waals surface area contributed by atoms with Crippen LogP contribution in [-0.2, 0) is 0 Å². The molecule has 0 N–H and O–H groups in total. The maximum Gasteiger partial charge on any atom is 0.253 e. The summed E-state index contributed by atoms with van der Waals surface area (Å²) in [7, 11) is 3.51. The molecule has 1 amide bonds. The highest BCUT2D eigenvalue weighted by atomic mass is 79.9. The van der Waals surface area contributed by atoms with Crippen molar-refractivity contribution in [1.82, 2.24) is 4.90 Å². The first-order valence-electron chi connectivity index (χ1n) is 4.99. The van der Waals surface area contributed by atoms with Gasteiger partial charge in [-0.15, -0.1) is 0 Å². The van der Waals surface area contributed by atoms with Crippen molar-refractivity contribution < 1.29 is 4.79 Å². The van der Waals surface area contributed by atoms with Crippen LogP contribution in [0.25, 0.3) is 10.8 Å². The van der Waals surface area contributed by atoms with Crippen LogP contribution in [-0.4, -0.2) is 24.9 Å². The smallest absolute Gasteiger partial charge is 0.253 e. The van der Waals surface area contributed by atoms with Gasteiger partial charge in [0, 0.05) is 24.1 Å². The maximum absolute atomic E-state index is 11.8. The lowest BCUT2D eigenvalue weighted by atomic mass is 10.1. The third-order valence-electron chi connectivity index (χ3n) is 2.48. The van der Waals surface area contributed by atoms with Gasteiger partial charge in [-0.2, -0.15) is 0 Å². The van der Waals surface area contributed by atoms with E-state index in [4.69, 9.17) is 0 Å². The SMILES string of the molecule is CN(C)C(=O)c1ccc2c(Br)cccc2c1. The van der Waals surface area contributed by atoms with Crippen molar-refractivity contribution >= 4 is 32.6 Å². The van der Waals surface area contributed by atoms with Gasteiger partial charge in [0.15, 0.2) is 0 Å². The molecule has 0 bridgehead atoms. The minimum absolute atomic E-state index is 0.0295. The summed E-state index contributed by atoms with van der Waals surface area (Å²) in [5.74, 6) is 0.0295. The molecule has 0 aliphatic carbocycles. The van der Waals surface area contributed by atoms with Crippen LogP contribution in [0.15, 0.2) is 40.9 Å². The second kappa shape index (κ2) is 4.26. The van der Waals surface area contributed by atoms with Crippen molar-refractivity contribution in [3.63, 3.8) is 0 Å². The lowest BCUT2D eigenvalue weighted by Crippen LogP contribution is -2.21. The molecule has 0 fully saturated rings. The Balaban J connectivity index is 2.57. The predicted molar refractivity (Wildman–Crippen MR) is 69.7 cm³/mol. The predicted octanol–water partition coefficient (Wildman–Crippen LogP) is 3.30. The highest BCUT2D eigenvalue weighted by molar-refractivity contribution is 9.10. The molecule has 2 aromatic rings. The Morgan fingerprint density at radius 1 is 1.19 bits per heavy atom. The second-order valence-electron chi connectivity index (χ2n) is 3.88. The summed E-state index contributed by atoms with van der Waals surface area (Å²) in [5, 5.41) is 2.19. The van der Waals surface area contributed by atoms with E-state index >= 15 is 0 Å². The number of benzene rings is 2. The average molecular weight is 278 g/mol. The summed E-state index contributed by atoms with van der Waals surface area (Å²) in [6, 6.07) is 11.7. The first-order valence-corrected chi connectivity index (χ1v) is 5.79. The highest BCUT2D eigenvalue weighted by Crippen LogP contribution is 2.24. The van der Waals surface area contributed by atoms with Crippen LogP contribution >= 0.6 is 15.9 Å². The molecule has 0 saturated carbocycles. The van der Waals surface area contributed by atoms with E-state index in [0.717, 1.165) is 20.8 Å². The van der Waals surface area contributed by atoms with E-state index in [-0.39, 0.29) is 5.91 Å². The Bertz CT molecular complexity index is 549. The summed E-state index contributed by atoms with van der Waals surface area (Å²) in [4.78, 5) is 13.4. The van der Waals surface area contributed by atoms with Gasteiger partial charge >= 0.3 is 0 Å². The number of hydrogen-bond acceptors (Lipinski definition) is 1. The van der Waals surface area contributed by atoms with Gasteiger partial charge in [-0.05, 0) is 29.0 Å². The molecule has 0 saturated heterocycles. The van der Waals surface area contributed by atoms with Crippen molar-refractivity contribution in [2.24, 2.45) is 0 Å². The fraction of sp³-hybridized carbons (Fsp3) is 0.154. The van der Waals surface area contributed by atoms with E-state index in [1.54, 1.807) is 19.0 Å². The molecule has 0 spiro atoms. The summed E-state index contributed by atoms with van der Waals surface area (Å²) in [5.41, 5.74) is 0.718. The van der Waals surface area contributed by atoms with Crippen molar-refractivity contribution in [2.75, 3.05) is 14.1 Å². The van der Waals surface area contributed by atoms with E-state index < -0.39 is 0 Å². The fourth-order valence-corrected chi connectivity index (χ4v) is 2.15. The summed E-state index contributed by atoms with van der Waals surface area (Å²) < 4.78 is 1.05. The van der Waals surface area contributed by atoms with Crippen LogP contribution in [0.2, 0.25) is 0 Å². The first-order chi connectivity index (χ1) is 7.59. The van der Waals surface area contributed by atoms with Gasteiger partial charge in [-0.3, -0.25) is 4.79 Å². The molecule has 0 atom stereocenters. The van der Waals surface area contributed by atoms with Crippen LogP contribution in [0.5, 0.6) is 0 Å². The number of fused-ring (bicyclic) bond motifs is 1. The fourth-order valence-electron chi connectivity index (χ4n) is 1.64. The number of rotatable bonds is 1. The van der Waals surface area contributed by atoms with Gasteiger partial charge in [0.05, 0.1) is 0 Å². The van der Waals surface area contributed by atoms with Gasteiger partial charge in [0.25, 0.3) is 5.91 Å². The largest absolute Gasteiger partial charge is 0.345 e. The topological polar surface area (TPSA) is 20.3 Å². The van der Waals surface area contributed by atoms with Crippen LogP contribution < -0.4 is 0 Å². The number of amides is 1. The molecule has 3 heteroatoms. The average Bonchev–Trinajstić information content (AvgIpc) is 2.28. The van der Waals surface area contributed by atoms with Gasteiger partial charge in [-0.25, -0.2) is 0 Å². The molecular weight excluding hydrogens is 266 g/mol. The molecule has 82 valence electrons. The zero-order valence-electron chi connectivity index (χ0n) is 9.20. The highest BCUT2D eigenvalue weighted by Gasteiger charge is 2.08. The zero-order chi connectivity index (χ0) is 11.7. The van der Waals surface area contributed by atoms with E-state index in [0.29, 0.717) is 0 Å². The van der Waals surface area contributed by atoms with Gasteiger partial charge in [-0.1, -0.05) is 34.1 Å². The van der Waals surface area contributed by atoms with Crippen molar-refractivity contribution in [3.05, 3.63) is 46.4 Å². The third-order valence-corrected chi connectivity index (χ3v) is 3.17.